The average molecular weight is 432 g/mol. The molecule has 0 bridgehead atoms. The Hall–Kier alpha value is -2.66. The second kappa shape index (κ2) is 9.45. The largest absolute Gasteiger partial charge is 0.327 e. The zero-order chi connectivity index (χ0) is 21.9. The minimum Gasteiger partial charge on any atom is -0.327 e. The predicted molar refractivity (Wildman–Crippen MR) is 125 cm³/mol. The van der Waals surface area contributed by atoms with Crippen LogP contribution in [0, 0.1) is 0 Å². The summed E-state index contributed by atoms with van der Waals surface area (Å²) in [5, 5.41) is 0. The van der Waals surface area contributed by atoms with E-state index in [2.05, 4.69) is 29.2 Å². The van der Waals surface area contributed by atoms with Gasteiger partial charge in [-0.3, -0.25) is 14.5 Å². The maximum Gasteiger partial charge on any atom is 0.247 e. The summed E-state index contributed by atoms with van der Waals surface area (Å²) in [6.45, 7) is 3.58. The summed E-state index contributed by atoms with van der Waals surface area (Å²) in [5.41, 5.74) is 3.82. The highest BCUT2D eigenvalue weighted by atomic mass is 16.2. The molecule has 0 spiro atoms. The van der Waals surface area contributed by atoms with Gasteiger partial charge in [0.05, 0.1) is 0 Å². The fourth-order valence-corrected chi connectivity index (χ4v) is 5.56. The molecule has 0 N–H and O–H groups in total. The number of amides is 2. The highest BCUT2D eigenvalue weighted by Gasteiger charge is 2.42. The van der Waals surface area contributed by atoms with E-state index in [0.29, 0.717) is 19.6 Å². The third kappa shape index (κ3) is 4.58. The minimum absolute atomic E-state index is 0.0713. The number of fused-ring (bicyclic) bond motifs is 1. The van der Waals surface area contributed by atoms with Gasteiger partial charge in [-0.25, -0.2) is 0 Å². The number of nitrogens with zero attached hydrogens (tertiary/aromatic N) is 3. The molecule has 2 aromatic carbocycles. The number of piperazine rings is 2. The monoisotopic (exact) mass is 431 g/mol. The van der Waals surface area contributed by atoms with Gasteiger partial charge in [-0.15, -0.1) is 0 Å². The third-order valence-corrected chi connectivity index (χ3v) is 7.39. The number of hydrogen-bond donors (Lipinski definition) is 0. The van der Waals surface area contributed by atoms with Crippen LogP contribution in [0.15, 0.2) is 54.6 Å². The molecule has 1 atom stereocenters. The van der Waals surface area contributed by atoms with Crippen LogP contribution in [0.1, 0.15) is 54.7 Å². The Morgan fingerprint density at radius 3 is 2.25 bits per heavy atom. The Kier molecular flexibility index (Phi) is 6.26. The first-order chi connectivity index (χ1) is 15.7. The number of benzene rings is 2. The van der Waals surface area contributed by atoms with Crippen molar-refractivity contribution in [1.82, 2.24) is 14.7 Å². The number of hydrogen-bond acceptors (Lipinski definition) is 3. The fraction of sp³-hybridized carbons (Fsp3) is 0.481. The molecule has 2 aliphatic heterocycles. The minimum atomic E-state index is -0.366. The lowest BCUT2D eigenvalue weighted by atomic mass is 9.84. The Labute approximate surface area is 191 Å². The number of rotatable bonds is 5. The molecule has 1 aliphatic carbocycles. The van der Waals surface area contributed by atoms with Crippen LogP contribution in [0.4, 0.5) is 0 Å². The molecule has 5 rings (SSSR count). The lowest BCUT2D eigenvalue weighted by Gasteiger charge is -2.46. The molecule has 3 fully saturated rings. The fourth-order valence-electron chi connectivity index (χ4n) is 5.56. The van der Waals surface area contributed by atoms with Gasteiger partial charge in [0.25, 0.3) is 0 Å². The van der Waals surface area contributed by atoms with Crippen molar-refractivity contribution in [2.45, 2.75) is 57.2 Å². The summed E-state index contributed by atoms with van der Waals surface area (Å²) >= 11 is 0. The van der Waals surface area contributed by atoms with E-state index >= 15 is 0 Å². The number of carbonyl (C=O) groups is 2. The molecule has 0 aromatic heterocycles. The van der Waals surface area contributed by atoms with Crippen LogP contribution in [0.2, 0.25) is 0 Å². The van der Waals surface area contributed by atoms with E-state index in [4.69, 9.17) is 0 Å². The highest BCUT2D eigenvalue weighted by molar-refractivity contribution is 5.95. The Morgan fingerprint density at radius 1 is 0.781 bits per heavy atom. The van der Waals surface area contributed by atoms with E-state index in [-0.39, 0.29) is 24.4 Å². The van der Waals surface area contributed by atoms with Crippen molar-refractivity contribution < 1.29 is 9.59 Å². The molecule has 2 heterocycles. The van der Waals surface area contributed by atoms with Crippen LogP contribution >= 0.6 is 0 Å². The van der Waals surface area contributed by atoms with E-state index in [9.17, 15) is 9.59 Å². The third-order valence-electron chi connectivity index (χ3n) is 7.39. The molecule has 0 radical (unpaired) electrons. The molecule has 32 heavy (non-hydrogen) atoms. The average Bonchev–Trinajstić information content (AvgIpc) is 2.84. The first-order valence-corrected chi connectivity index (χ1v) is 12.1. The lowest BCUT2D eigenvalue weighted by molar-refractivity contribution is -0.160. The van der Waals surface area contributed by atoms with Gasteiger partial charge in [0.2, 0.25) is 11.8 Å². The van der Waals surface area contributed by atoms with Crippen LogP contribution in [-0.2, 0) is 22.7 Å². The summed E-state index contributed by atoms with van der Waals surface area (Å²) in [5.74, 6) is 0.871. The molecule has 1 saturated carbocycles. The van der Waals surface area contributed by atoms with E-state index in [0.717, 1.165) is 24.6 Å². The Balaban J connectivity index is 1.22. The summed E-state index contributed by atoms with van der Waals surface area (Å²) in [6, 6.07) is 18.7. The van der Waals surface area contributed by atoms with Crippen molar-refractivity contribution in [1.29, 1.82) is 0 Å². The van der Waals surface area contributed by atoms with Gasteiger partial charge in [-0.1, -0.05) is 73.9 Å². The van der Waals surface area contributed by atoms with Crippen molar-refractivity contribution in [2.24, 2.45) is 0 Å². The van der Waals surface area contributed by atoms with Gasteiger partial charge >= 0.3 is 0 Å². The highest BCUT2D eigenvalue weighted by Crippen LogP contribution is 2.32. The van der Waals surface area contributed by atoms with Gasteiger partial charge < -0.3 is 9.80 Å². The smallest absolute Gasteiger partial charge is 0.247 e. The molecule has 5 nitrogen and oxygen atoms in total. The second-order valence-corrected chi connectivity index (χ2v) is 9.59. The molecule has 5 heteroatoms. The van der Waals surface area contributed by atoms with Crippen molar-refractivity contribution in [3.63, 3.8) is 0 Å². The van der Waals surface area contributed by atoms with Gasteiger partial charge in [-0.05, 0) is 35.4 Å². The molecule has 2 amide bonds. The molecular formula is C27H33N3O2. The van der Waals surface area contributed by atoms with Crippen molar-refractivity contribution in [2.75, 3.05) is 26.2 Å². The standard InChI is InChI=1S/C27H33N3O2/c31-26-20-29(18-21-7-3-1-4-8-21)27(32)25-19-28(15-16-30(25)26)17-22-11-13-24(14-12-22)23-9-5-2-6-10-23/h1,3-4,7-8,11-14,23,25H,2,5-6,9-10,15-20H2. The molecular weight excluding hydrogens is 398 g/mol. The van der Waals surface area contributed by atoms with E-state index in [1.54, 1.807) is 9.80 Å². The topological polar surface area (TPSA) is 43.9 Å². The second-order valence-electron chi connectivity index (χ2n) is 9.59. The summed E-state index contributed by atoms with van der Waals surface area (Å²) < 4.78 is 0. The van der Waals surface area contributed by atoms with Crippen LogP contribution in [-0.4, -0.2) is 58.7 Å². The molecule has 2 saturated heterocycles. The van der Waals surface area contributed by atoms with Gasteiger partial charge in [0, 0.05) is 32.7 Å². The first-order valence-electron chi connectivity index (χ1n) is 12.1. The Morgan fingerprint density at radius 2 is 1.50 bits per heavy atom. The molecule has 1 unspecified atom stereocenters. The molecule has 3 aliphatic rings. The zero-order valence-corrected chi connectivity index (χ0v) is 18.8. The summed E-state index contributed by atoms with van der Waals surface area (Å²) in [4.78, 5) is 31.8. The molecule has 168 valence electrons. The molecule has 2 aromatic rings. The summed E-state index contributed by atoms with van der Waals surface area (Å²) in [7, 11) is 0. The quantitative estimate of drug-likeness (QED) is 0.724. The SMILES string of the molecule is O=C1C2CN(Cc3ccc(C4CCCCC4)cc3)CCN2C(=O)CN1Cc1ccccc1. The van der Waals surface area contributed by atoms with Crippen molar-refractivity contribution in [3.8, 4) is 0 Å². The lowest BCUT2D eigenvalue weighted by Crippen LogP contribution is -2.66. The van der Waals surface area contributed by atoms with Crippen LogP contribution in [0.3, 0.4) is 0 Å². The van der Waals surface area contributed by atoms with Crippen molar-refractivity contribution >= 4 is 11.8 Å². The normalized spacial score (nSPS) is 22.8. The van der Waals surface area contributed by atoms with Crippen LogP contribution < -0.4 is 0 Å². The van der Waals surface area contributed by atoms with Gasteiger partial charge in [0.15, 0.2) is 0 Å². The predicted octanol–water partition coefficient (Wildman–Crippen LogP) is 3.79. The summed E-state index contributed by atoms with van der Waals surface area (Å²) in [6.07, 6.45) is 6.72. The maximum absolute atomic E-state index is 13.2. The maximum atomic E-state index is 13.2. The van der Waals surface area contributed by atoms with E-state index in [1.165, 1.54) is 43.2 Å². The van der Waals surface area contributed by atoms with Crippen LogP contribution in [0.5, 0.6) is 0 Å². The zero-order valence-electron chi connectivity index (χ0n) is 18.8. The van der Waals surface area contributed by atoms with Crippen molar-refractivity contribution in [3.05, 3.63) is 71.3 Å². The van der Waals surface area contributed by atoms with E-state index < -0.39 is 0 Å². The van der Waals surface area contributed by atoms with E-state index in [1.807, 2.05) is 30.3 Å². The Bertz CT molecular complexity index is 937. The first kappa shape index (κ1) is 21.2. The number of carbonyl (C=O) groups excluding carboxylic acids is 2. The van der Waals surface area contributed by atoms with Gasteiger partial charge in [-0.2, -0.15) is 0 Å². The van der Waals surface area contributed by atoms with Gasteiger partial charge in [0.1, 0.15) is 12.6 Å². The van der Waals surface area contributed by atoms with Crippen LogP contribution in [0.25, 0.3) is 0 Å².